The van der Waals surface area contributed by atoms with Gasteiger partial charge in [-0.05, 0) is 13.8 Å². The minimum Gasteiger partial charge on any atom is -0.440 e. The molecule has 1 amide bonds. The zero-order valence-electron chi connectivity index (χ0n) is 15.3. The van der Waals surface area contributed by atoms with E-state index in [0.29, 0.717) is 18.7 Å². The molecule has 0 saturated carbocycles. The summed E-state index contributed by atoms with van der Waals surface area (Å²) in [5, 5.41) is 0. The first kappa shape index (κ1) is 17.9. The number of benzene rings is 2. The van der Waals surface area contributed by atoms with Gasteiger partial charge < -0.3 is 9.32 Å². The third-order valence-electron chi connectivity index (χ3n) is 4.42. The molecule has 0 aliphatic rings. The van der Waals surface area contributed by atoms with Crippen LogP contribution < -0.4 is 0 Å². The summed E-state index contributed by atoms with van der Waals surface area (Å²) in [6.45, 7) is 5.44. The summed E-state index contributed by atoms with van der Waals surface area (Å²) < 4.78 is 6.07. The van der Waals surface area contributed by atoms with E-state index in [0.717, 1.165) is 35.7 Å². The van der Waals surface area contributed by atoms with E-state index in [4.69, 9.17) is 9.40 Å². The molecular weight excluding hydrogens is 324 g/mol. The Morgan fingerprint density at radius 2 is 1.50 bits per heavy atom. The topological polar surface area (TPSA) is 46.3 Å². The molecule has 0 unspecified atom stereocenters. The minimum atomic E-state index is 0.135. The molecule has 1 heterocycles. The molecule has 0 N–H and O–H groups in total. The van der Waals surface area contributed by atoms with E-state index in [2.05, 4.69) is 0 Å². The first-order valence-corrected chi connectivity index (χ1v) is 9.11. The molecule has 0 radical (unpaired) electrons. The number of oxazole rings is 1. The van der Waals surface area contributed by atoms with Gasteiger partial charge >= 0.3 is 0 Å². The number of carbonyl (C=O) groups is 1. The Labute approximate surface area is 154 Å². The van der Waals surface area contributed by atoms with E-state index in [1.807, 2.05) is 79.4 Å². The van der Waals surface area contributed by atoms with Gasteiger partial charge in [0.2, 0.25) is 5.91 Å². The second-order valence-corrected chi connectivity index (χ2v) is 6.08. The average molecular weight is 348 g/mol. The fourth-order valence-electron chi connectivity index (χ4n) is 3.00. The number of aryl methyl sites for hydroxylation is 1. The van der Waals surface area contributed by atoms with Gasteiger partial charge in [-0.1, -0.05) is 60.7 Å². The van der Waals surface area contributed by atoms with E-state index in [1.54, 1.807) is 0 Å². The number of hydrogen-bond acceptors (Lipinski definition) is 3. The third-order valence-corrected chi connectivity index (χ3v) is 4.42. The second kappa shape index (κ2) is 8.48. The summed E-state index contributed by atoms with van der Waals surface area (Å²) in [4.78, 5) is 18.8. The van der Waals surface area contributed by atoms with Crippen LogP contribution in [0.3, 0.4) is 0 Å². The fraction of sp³-hybridized carbons (Fsp3) is 0.273. The van der Waals surface area contributed by atoms with Gasteiger partial charge in [0.1, 0.15) is 5.69 Å². The summed E-state index contributed by atoms with van der Waals surface area (Å²) in [5.41, 5.74) is 2.82. The van der Waals surface area contributed by atoms with Crippen LogP contribution in [0.4, 0.5) is 0 Å². The van der Waals surface area contributed by atoms with Crippen molar-refractivity contribution in [2.75, 3.05) is 13.1 Å². The van der Waals surface area contributed by atoms with Gasteiger partial charge in [0.05, 0.1) is 0 Å². The molecule has 3 aromatic rings. The van der Waals surface area contributed by atoms with Crippen molar-refractivity contribution in [1.29, 1.82) is 0 Å². The molecule has 0 atom stereocenters. The number of aromatic nitrogens is 1. The number of rotatable bonds is 7. The Morgan fingerprint density at radius 1 is 0.923 bits per heavy atom. The molecule has 0 aliphatic heterocycles. The maximum Gasteiger partial charge on any atom is 0.223 e. The SMILES string of the molecule is CCN(CC)C(=O)CCc1nc(-c2ccccc2)c(-c2ccccc2)o1. The van der Waals surface area contributed by atoms with E-state index in [-0.39, 0.29) is 5.91 Å². The molecule has 0 fully saturated rings. The van der Waals surface area contributed by atoms with Gasteiger partial charge in [0.15, 0.2) is 11.7 Å². The Hall–Kier alpha value is -2.88. The Kier molecular flexibility index (Phi) is 5.84. The maximum absolute atomic E-state index is 12.3. The third kappa shape index (κ3) is 4.02. The van der Waals surface area contributed by atoms with Crippen molar-refractivity contribution < 1.29 is 9.21 Å². The van der Waals surface area contributed by atoms with Gasteiger partial charge in [0, 0.05) is 37.1 Å². The predicted octanol–water partition coefficient (Wildman–Crippen LogP) is 4.81. The van der Waals surface area contributed by atoms with Crippen LogP contribution in [0.2, 0.25) is 0 Å². The molecule has 26 heavy (non-hydrogen) atoms. The van der Waals surface area contributed by atoms with Crippen LogP contribution in [0, 0.1) is 0 Å². The Morgan fingerprint density at radius 3 is 2.08 bits per heavy atom. The predicted molar refractivity (Wildman–Crippen MR) is 104 cm³/mol. The normalized spacial score (nSPS) is 10.7. The highest BCUT2D eigenvalue weighted by molar-refractivity contribution is 5.78. The summed E-state index contributed by atoms with van der Waals surface area (Å²) in [6, 6.07) is 20.0. The number of carbonyl (C=O) groups excluding carboxylic acids is 1. The number of nitrogens with zero attached hydrogens (tertiary/aromatic N) is 2. The lowest BCUT2D eigenvalue weighted by atomic mass is 10.1. The smallest absolute Gasteiger partial charge is 0.223 e. The molecule has 3 rings (SSSR count). The maximum atomic E-state index is 12.3. The van der Waals surface area contributed by atoms with Crippen LogP contribution in [0.5, 0.6) is 0 Å². The van der Waals surface area contributed by atoms with Crippen molar-refractivity contribution in [3.63, 3.8) is 0 Å². The highest BCUT2D eigenvalue weighted by atomic mass is 16.4. The van der Waals surface area contributed by atoms with E-state index < -0.39 is 0 Å². The molecule has 0 spiro atoms. The van der Waals surface area contributed by atoms with E-state index in [9.17, 15) is 4.79 Å². The number of amides is 1. The fourth-order valence-corrected chi connectivity index (χ4v) is 3.00. The average Bonchev–Trinajstić information content (AvgIpc) is 3.13. The monoisotopic (exact) mass is 348 g/mol. The molecule has 134 valence electrons. The van der Waals surface area contributed by atoms with Crippen molar-refractivity contribution in [3.05, 3.63) is 66.6 Å². The summed E-state index contributed by atoms with van der Waals surface area (Å²) in [6.07, 6.45) is 0.909. The van der Waals surface area contributed by atoms with Crippen molar-refractivity contribution in [2.24, 2.45) is 0 Å². The second-order valence-electron chi connectivity index (χ2n) is 6.08. The minimum absolute atomic E-state index is 0.135. The van der Waals surface area contributed by atoms with Crippen LogP contribution >= 0.6 is 0 Å². The van der Waals surface area contributed by atoms with Crippen LogP contribution in [0.15, 0.2) is 65.1 Å². The van der Waals surface area contributed by atoms with Crippen LogP contribution in [0.1, 0.15) is 26.2 Å². The van der Waals surface area contributed by atoms with Gasteiger partial charge in [-0.2, -0.15) is 0 Å². The molecular formula is C22H24N2O2. The lowest BCUT2D eigenvalue weighted by molar-refractivity contribution is -0.130. The lowest BCUT2D eigenvalue weighted by Crippen LogP contribution is -2.30. The van der Waals surface area contributed by atoms with Crippen LogP contribution in [-0.4, -0.2) is 28.9 Å². The standard InChI is InChI=1S/C22H24N2O2/c1-3-24(4-2)20(25)16-15-19-23-21(17-11-7-5-8-12-17)22(26-19)18-13-9-6-10-14-18/h5-14H,3-4,15-16H2,1-2H3. The molecule has 0 saturated heterocycles. The van der Waals surface area contributed by atoms with Gasteiger partial charge in [-0.3, -0.25) is 4.79 Å². The van der Waals surface area contributed by atoms with Gasteiger partial charge in [-0.25, -0.2) is 4.98 Å². The zero-order valence-corrected chi connectivity index (χ0v) is 15.3. The van der Waals surface area contributed by atoms with Crippen molar-refractivity contribution in [2.45, 2.75) is 26.7 Å². The lowest BCUT2D eigenvalue weighted by Gasteiger charge is -2.17. The Bertz CT molecular complexity index is 780. The molecule has 0 aliphatic carbocycles. The highest BCUT2D eigenvalue weighted by Crippen LogP contribution is 2.32. The number of hydrogen-bond donors (Lipinski definition) is 0. The van der Waals surface area contributed by atoms with Crippen LogP contribution in [0.25, 0.3) is 22.6 Å². The molecule has 0 bridgehead atoms. The summed E-state index contributed by atoms with van der Waals surface area (Å²) in [5.74, 6) is 1.49. The first-order chi connectivity index (χ1) is 12.7. The zero-order chi connectivity index (χ0) is 18.4. The molecule has 4 heteroatoms. The molecule has 4 nitrogen and oxygen atoms in total. The van der Waals surface area contributed by atoms with Crippen molar-refractivity contribution >= 4 is 5.91 Å². The van der Waals surface area contributed by atoms with Gasteiger partial charge in [0.25, 0.3) is 0 Å². The Balaban J connectivity index is 1.89. The molecule has 1 aromatic heterocycles. The highest BCUT2D eigenvalue weighted by Gasteiger charge is 2.18. The first-order valence-electron chi connectivity index (χ1n) is 9.11. The quantitative estimate of drug-likeness (QED) is 0.615. The molecule has 2 aromatic carbocycles. The summed E-state index contributed by atoms with van der Waals surface area (Å²) in [7, 11) is 0. The summed E-state index contributed by atoms with van der Waals surface area (Å²) >= 11 is 0. The van der Waals surface area contributed by atoms with E-state index >= 15 is 0 Å². The van der Waals surface area contributed by atoms with Gasteiger partial charge in [-0.15, -0.1) is 0 Å². The van der Waals surface area contributed by atoms with Crippen LogP contribution in [-0.2, 0) is 11.2 Å². The largest absolute Gasteiger partial charge is 0.440 e. The van der Waals surface area contributed by atoms with Crippen molar-refractivity contribution in [3.8, 4) is 22.6 Å². The van der Waals surface area contributed by atoms with Crippen molar-refractivity contribution in [1.82, 2.24) is 9.88 Å². The van der Waals surface area contributed by atoms with E-state index in [1.165, 1.54) is 0 Å².